The molecule has 12 heteroatoms. The first kappa shape index (κ1) is 31.7. The molecule has 0 spiro atoms. The molecule has 4 rings (SSSR count). The van der Waals surface area contributed by atoms with Crippen molar-refractivity contribution in [1.29, 1.82) is 0 Å². The van der Waals surface area contributed by atoms with E-state index >= 15 is 0 Å². The lowest BCUT2D eigenvalue weighted by Crippen LogP contribution is -2.43. The molecule has 1 aromatic heterocycles. The minimum absolute atomic E-state index is 0. The summed E-state index contributed by atoms with van der Waals surface area (Å²) in [6.07, 6.45) is 1.47. The Kier molecular flexibility index (Phi) is 11.6. The monoisotopic (exact) mass is 614 g/mol. The number of benzene rings is 2. The molecule has 0 radical (unpaired) electrons. The third-order valence-corrected chi connectivity index (χ3v) is 9.70. The first-order chi connectivity index (χ1) is 18.2. The second kappa shape index (κ2) is 14.2. The molecule has 1 amide bonds. The summed E-state index contributed by atoms with van der Waals surface area (Å²) in [4.78, 5) is 22.8. The van der Waals surface area contributed by atoms with Crippen molar-refractivity contribution in [3.05, 3.63) is 52.5 Å². The van der Waals surface area contributed by atoms with E-state index in [9.17, 15) is 13.2 Å². The molecule has 214 valence electrons. The van der Waals surface area contributed by atoms with Crippen LogP contribution in [0.5, 0.6) is 0 Å². The number of carbonyl (C=O) groups is 1. The van der Waals surface area contributed by atoms with Crippen molar-refractivity contribution in [2.24, 2.45) is 0 Å². The number of hydrogen-bond acceptors (Lipinski definition) is 7. The summed E-state index contributed by atoms with van der Waals surface area (Å²) in [5.74, 6) is -0.219. The first-order valence-corrected chi connectivity index (χ1v) is 15.7. The average molecular weight is 616 g/mol. The molecule has 8 nitrogen and oxygen atoms in total. The Morgan fingerprint density at radius 1 is 1.08 bits per heavy atom. The highest BCUT2D eigenvalue weighted by atomic mass is 35.5. The minimum Gasteiger partial charge on any atom is -0.379 e. The average Bonchev–Trinajstić information content (AvgIpc) is 3.33. The lowest BCUT2D eigenvalue weighted by atomic mass is 10.2. The van der Waals surface area contributed by atoms with Gasteiger partial charge in [0.25, 0.3) is 5.91 Å². The molecule has 0 aliphatic carbocycles. The van der Waals surface area contributed by atoms with Crippen LogP contribution in [0.3, 0.4) is 0 Å². The maximum Gasteiger partial charge on any atom is 0.260 e. The van der Waals surface area contributed by atoms with Crippen LogP contribution < -0.4 is 4.90 Å². The van der Waals surface area contributed by atoms with E-state index in [0.29, 0.717) is 55.1 Å². The fraction of sp³-hybridized carbons (Fsp3) is 0.481. The Hall–Kier alpha value is -1.79. The highest BCUT2D eigenvalue weighted by Gasteiger charge is 2.26. The number of anilines is 1. The number of sulfonamides is 1. The van der Waals surface area contributed by atoms with Crippen molar-refractivity contribution >= 4 is 66.6 Å². The summed E-state index contributed by atoms with van der Waals surface area (Å²) in [5, 5.41) is 1.23. The number of halogens is 2. The predicted octanol–water partition coefficient (Wildman–Crippen LogP) is 5.47. The van der Waals surface area contributed by atoms with Crippen molar-refractivity contribution < 1.29 is 17.9 Å². The zero-order chi connectivity index (χ0) is 27.3. The van der Waals surface area contributed by atoms with E-state index in [1.165, 1.54) is 27.8 Å². The normalized spacial score (nSPS) is 14.5. The van der Waals surface area contributed by atoms with E-state index in [1.807, 2.05) is 32.9 Å². The van der Waals surface area contributed by atoms with Gasteiger partial charge in [0, 0.05) is 49.9 Å². The van der Waals surface area contributed by atoms with Crippen LogP contribution in [0.4, 0.5) is 5.13 Å². The molecule has 0 atom stereocenters. The number of aromatic nitrogens is 1. The molecule has 3 aromatic rings. The summed E-state index contributed by atoms with van der Waals surface area (Å²) < 4.78 is 34.2. The third kappa shape index (κ3) is 7.49. The summed E-state index contributed by atoms with van der Waals surface area (Å²) in [6.45, 7) is 10.9. The SMILES string of the molecule is CCCN(CCC)S(=O)(=O)c1ccc(C(=O)N(CCN2CCOCC2)c2nc3c(C)cc(Cl)cc3s2)cc1.Cl. The molecule has 39 heavy (non-hydrogen) atoms. The number of aryl methyl sites for hydroxylation is 1. The van der Waals surface area contributed by atoms with Crippen LogP contribution >= 0.6 is 35.3 Å². The molecule has 1 aliphatic rings. The van der Waals surface area contributed by atoms with Gasteiger partial charge in [0.1, 0.15) is 0 Å². The maximum absolute atomic E-state index is 13.8. The summed E-state index contributed by atoms with van der Waals surface area (Å²) in [7, 11) is -3.62. The lowest BCUT2D eigenvalue weighted by Gasteiger charge is -2.29. The van der Waals surface area contributed by atoms with Gasteiger partial charge in [-0.2, -0.15) is 4.31 Å². The quantitative estimate of drug-likeness (QED) is 0.285. The first-order valence-electron chi connectivity index (χ1n) is 13.0. The van der Waals surface area contributed by atoms with Gasteiger partial charge in [-0.1, -0.05) is 36.8 Å². The highest BCUT2D eigenvalue weighted by molar-refractivity contribution is 7.89. The van der Waals surface area contributed by atoms with Gasteiger partial charge in [0.15, 0.2) is 5.13 Å². The molecular weight excluding hydrogens is 579 g/mol. The van der Waals surface area contributed by atoms with E-state index in [1.54, 1.807) is 17.0 Å². The summed E-state index contributed by atoms with van der Waals surface area (Å²) >= 11 is 7.70. The van der Waals surface area contributed by atoms with Crippen LogP contribution in [0, 0.1) is 6.92 Å². The van der Waals surface area contributed by atoms with Gasteiger partial charge in [-0.15, -0.1) is 12.4 Å². The van der Waals surface area contributed by atoms with E-state index in [2.05, 4.69) is 4.90 Å². The number of fused-ring (bicyclic) bond motifs is 1. The second-order valence-corrected chi connectivity index (χ2v) is 12.8. The van der Waals surface area contributed by atoms with Gasteiger partial charge in [-0.3, -0.25) is 14.6 Å². The smallest absolute Gasteiger partial charge is 0.260 e. The molecule has 0 saturated carbocycles. The Morgan fingerprint density at radius 3 is 2.33 bits per heavy atom. The fourth-order valence-electron chi connectivity index (χ4n) is 4.53. The number of hydrogen-bond donors (Lipinski definition) is 0. The molecule has 1 aliphatic heterocycles. The molecule has 1 fully saturated rings. The van der Waals surface area contributed by atoms with Gasteiger partial charge in [0.05, 0.1) is 28.3 Å². The van der Waals surface area contributed by atoms with Gasteiger partial charge < -0.3 is 4.74 Å². The van der Waals surface area contributed by atoms with Gasteiger partial charge in [-0.25, -0.2) is 13.4 Å². The van der Waals surface area contributed by atoms with Crippen LogP contribution in [0.25, 0.3) is 10.2 Å². The Labute approximate surface area is 246 Å². The standard InChI is InChI=1S/C27H35ClN4O4S2.ClH/c1-4-10-31(11-5-2)38(34,35)23-8-6-21(7-9-23)26(33)32(13-12-30-14-16-36-17-15-30)27-29-25-20(3)18-22(28)19-24(25)37-27;/h6-9,18-19H,4-5,10-17H2,1-3H3;1H. The molecule has 1 saturated heterocycles. The molecular formula is C27H36Cl2N4O4S2. The minimum atomic E-state index is -3.62. The van der Waals surface area contributed by atoms with Crippen LogP contribution in [0.2, 0.25) is 5.02 Å². The second-order valence-electron chi connectivity index (χ2n) is 9.41. The van der Waals surface area contributed by atoms with E-state index in [4.69, 9.17) is 21.3 Å². The molecule has 0 unspecified atom stereocenters. The maximum atomic E-state index is 13.8. The van der Waals surface area contributed by atoms with Crippen LogP contribution in [0.1, 0.15) is 42.6 Å². The van der Waals surface area contributed by atoms with Crippen molar-refractivity contribution in [1.82, 2.24) is 14.2 Å². The fourth-order valence-corrected chi connectivity index (χ4v) is 7.60. The number of amides is 1. The van der Waals surface area contributed by atoms with Gasteiger partial charge in [0.2, 0.25) is 10.0 Å². The molecule has 2 aromatic carbocycles. The van der Waals surface area contributed by atoms with Crippen LogP contribution in [-0.4, -0.2) is 81.0 Å². The number of nitrogens with zero attached hydrogens (tertiary/aromatic N) is 4. The topological polar surface area (TPSA) is 83.1 Å². The van der Waals surface area contributed by atoms with Crippen molar-refractivity contribution in [2.75, 3.05) is 57.4 Å². The van der Waals surface area contributed by atoms with Crippen molar-refractivity contribution in [2.45, 2.75) is 38.5 Å². The number of ether oxygens (including phenoxy) is 1. The van der Waals surface area contributed by atoms with Gasteiger partial charge >= 0.3 is 0 Å². The van der Waals surface area contributed by atoms with Gasteiger partial charge in [-0.05, 0) is 61.7 Å². The number of rotatable bonds is 11. The summed E-state index contributed by atoms with van der Waals surface area (Å²) in [5.41, 5.74) is 2.19. The lowest BCUT2D eigenvalue weighted by molar-refractivity contribution is 0.0391. The summed E-state index contributed by atoms with van der Waals surface area (Å²) in [6, 6.07) is 10.00. The Bertz CT molecular complexity index is 1350. The highest BCUT2D eigenvalue weighted by Crippen LogP contribution is 2.33. The predicted molar refractivity (Wildman–Crippen MR) is 161 cm³/mol. The zero-order valence-electron chi connectivity index (χ0n) is 22.6. The number of thiazole rings is 1. The number of morpholine rings is 1. The van der Waals surface area contributed by atoms with Crippen LogP contribution in [0.15, 0.2) is 41.3 Å². The van der Waals surface area contributed by atoms with E-state index in [0.717, 1.165) is 41.7 Å². The molecule has 0 bridgehead atoms. The van der Waals surface area contributed by atoms with Crippen molar-refractivity contribution in [3.63, 3.8) is 0 Å². The zero-order valence-corrected chi connectivity index (χ0v) is 25.8. The third-order valence-electron chi connectivity index (χ3n) is 6.54. The van der Waals surface area contributed by atoms with Crippen LogP contribution in [-0.2, 0) is 14.8 Å². The van der Waals surface area contributed by atoms with E-state index in [-0.39, 0.29) is 23.2 Å². The van der Waals surface area contributed by atoms with E-state index < -0.39 is 10.0 Å². The molecule has 2 heterocycles. The largest absolute Gasteiger partial charge is 0.379 e. The molecule has 0 N–H and O–H groups in total. The Morgan fingerprint density at radius 2 is 1.72 bits per heavy atom. The van der Waals surface area contributed by atoms with Crippen molar-refractivity contribution in [3.8, 4) is 0 Å². The Balaban J connectivity index is 0.00000420. The number of carbonyl (C=O) groups excluding carboxylic acids is 1.